The van der Waals surface area contributed by atoms with Crippen molar-refractivity contribution in [3.8, 4) is 11.5 Å². The molecule has 2 aliphatic rings. The monoisotopic (exact) mass is 889 g/mol. The molecule has 0 spiro atoms. The zero-order valence-electron chi connectivity index (χ0n) is 40.0. The Morgan fingerprint density at radius 3 is 1.52 bits per heavy atom. The van der Waals surface area contributed by atoms with E-state index in [2.05, 4.69) is 40.1 Å². The van der Waals surface area contributed by atoms with Gasteiger partial charge in [0.2, 0.25) is 0 Å². The van der Waals surface area contributed by atoms with Gasteiger partial charge < -0.3 is 33.3 Å². The van der Waals surface area contributed by atoms with E-state index >= 15 is 0 Å². The molecule has 7 rings (SSSR count). The summed E-state index contributed by atoms with van der Waals surface area (Å²) in [5.74, 6) is 1.75. The molecule has 12 nitrogen and oxygen atoms in total. The Bertz CT molecular complexity index is 2220. The van der Waals surface area contributed by atoms with Gasteiger partial charge in [-0.3, -0.25) is 9.88 Å². The maximum absolute atomic E-state index is 12.4. The molecule has 1 aromatic heterocycles. The number of carbonyl (C=O) groups excluding carboxylic acids is 3. The first-order chi connectivity index (χ1) is 30.6. The predicted molar refractivity (Wildman–Crippen MR) is 256 cm³/mol. The maximum atomic E-state index is 12.4. The Morgan fingerprint density at radius 2 is 1.05 bits per heavy atom. The molecule has 0 fully saturated rings. The van der Waals surface area contributed by atoms with Crippen molar-refractivity contribution in [1.29, 1.82) is 0 Å². The van der Waals surface area contributed by atoms with Crippen LogP contribution in [0.15, 0.2) is 122 Å². The number of nitrogens with zero attached hydrogens (tertiary/aromatic N) is 3. The summed E-state index contributed by atoms with van der Waals surface area (Å²) in [5, 5.41) is 0. The average molecular weight is 890 g/mol. The zero-order valence-corrected chi connectivity index (χ0v) is 40.0. The second-order valence-corrected chi connectivity index (χ2v) is 18.6. The Morgan fingerprint density at radius 1 is 0.569 bits per heavy atom. The first-order valence-corrected chi connectivity index (χ1v) is 21.9. The molecule has 0 bridgehead atoms. The molecule has 4 aromatic carbocycles. The number of fused-ring (bicyclic) bond motifs is 2. The molecule has 0 saturated heterocycles. The summed E-state index contributed by atoms with van der Waals surface area (Å²) in [6, 6.07) is 36.7. The molecule has 5 aromatic rings. The van der Waals surface area contributed by atoms with E-state index in [1.807, 2.05) is 119 Å². The van der Waals surface area contributed by atoms with Gasteiger partial charge in [-0.1, -0.05) is 72.8 Å². The fourth-order valence-corrected chi connectivity index (χ4v) is 6.33. The number of rotatable bonds is 7. The SMILES string of the molecule is CC(C)(C)OC(=O)N1CCc2ccc(OCc3ccccc3)cc21.CC(C)(C)OC(=O)OC(=O)OC(C)(C)C.CN(C)c1ccncc1.c1ccc(COc2ccc3c(c2)CCC3)cc1. The van der Waals surface area contributed by atoms with E-state index < -0.39 is 29.1 Å². The van der Waals surface area contributed by atoms with Crippen LogP contribution in [0.3, 0.4) is 0 Å². The van der Waals surface area contributed by atoms with Crippen molar-refractivity contribution in [3.63, 3.8) is 0 Å². The number of pyridine rings is 1. The average Bonchev–Trinajstić information content (AvgIpc) is 3.89. The molecule has 0 unspecified atom stereocenters. The van der Waals surface area contributed by atoms with Gasteiger partial charge in [-0.05, 0) is 146 Å². The maximum Gasteiger partial charge on any atom is 0.519 e. The van der Waals surface area contributed by atoms with Crippen LogP contribution in [0.25, 0.3) is 0 Å². The van der Waals surface area contributed by atoms with E-state index in [0.29, 0.717) is 19.8 Å². The van der Waals surface area contributed by atoms with Crippen LogP contribution in [0, 0.1) is 0 Å². The Balaban J connectivity index is 0.000000200. The Hall–Kier alpha value is -6.56. The van der Waals surface area contributed by atoms with Crippen LogP contribution in [0.2, 0.25) is 0 Å². The zero-order chi connectivity index (χ0) is 47.6. The minimum absolute atomic E-state index is 0.304. The molecule has 0 saturated carbocycles. The van der Waals surface area contributed by atoms with Gasteiger partial charge in [0.1, 0.15) is 41.5 Å². The summed E-state index contributed by atoms with van der Waals surface area (Å²) >= 11 is 0. The lowest BCUT2D eigenvalue weighted by Crippen LogP contribution is -2.35. The van der Waals surface area contributed by atoms with Gasteiger partial charge in [0.25, 0.3) is 0 Å². The molecule has 1 aliphatic carbocycles. The molecule has 1 aliphatic heterocycles. The van der Waals surface area contributed by atoms with Gasteiger partial charge in [0.05, 0.1) is 5.69 Å². The third-order valence-electron chi connectivity index (χ3n) is 9.26. The number of carbonyl (C=O) groups is 3. The van der Waals surface area contributed by atoms with E-state index in [0.717, 1.165) is 34.7 Å². The summed E-state index contributed by atoms with van der Waals surface area (Å²) < 4.78 is 31.0. The molecule has 1 amide bonds. The highest BCUT2D eigenvalue weighted by Gasteiger charge is 2.29. The van der Waals surface area contributed by atoms with Gasteiger partial charge in [0, 0.05) is 44.8 Å². The number of aromatic nitrogens is 1. The number of anilines is 2. The first kappa shape index (κ1) is 51.1. The molecule has 65 heavy (non-hydrogen) atoms. The summed E-state index contributed by atoms with van der Waals surface area (Å²) in [4.78, 5) is 42.0. The third-order valence-corrected chi connectivity index (χ3v) is 9.26. The molecular formula is C53H67N3O9. The van der Waals surface area contributed by atoms with Gasteiger partial charge in [0.15, 0.2) is 0 Å². The summed E-state index contributed by atoms with van der Waals surface area (Å²) in [5.41, 5.74) is 6.62. The molecule has 0 radical (unpaired) electrons. The highest BCUT2D eigenvalue weighted by atomic mass is 16.8. The van der Waals surface area contributed by atoms with Crippen molar-refractivity contribution in [1.82, 2.24) is 4.98 Å². The molecule has 2 heterocycles. The third kappa shape index (κ3) is 19.4. The lowest BCUT2D eigenvalue weighted by atomic mass is 10.1. The van der Waals surface area contributed by atoms with Crippen LogP contribution in [-0.4, -0.2) is 60.8 Å². The number of hydrogen-bond donors (Lipinski definition) is 0. The Kier molecular flexibility index (Phi) is 18.8. The molecule has 0 atom stereocenters. The van der Waals surface area contributed by atoms with Crippen LogP contribution >= 0.6 is 0 Å². The van der Waals surface area contributed by atoms with E-state index in [4.69, 9.17) is 23.7 Å². The highest BCUT2D eigenvalue weighted by Crippen LogP contribution is 2.33. The topological polar surface area (TPSA) is 126 Å². The second kappa shape index (κ2) is 23.9. The van der Waals surface area contributed by atoms with Crippen LogP contribution in [0.4, 0.5) is 25.8 Å². The number of amides is 1. The fraction of sp³-hybridized carbons (Fsp3) is 0.396. The van der Waals surface area contributed by atoms with Crippen molar-refractivity contribution < 1.29 is 42.8 Å². The van der Waals surface area contributed by atoms with Gasteiger partial charge >= 0.3 is 18.4 Å². The van der Waals surface area contributed by atoms with E-state index in [9.17, 15) is 14.4 Å². The van der Waals surface area contributed by atoms with Crippen molar-refractivity contribution in [3.05, 3.63) is 149 Å². The Labute approximate surface area is 385 Å². The lowest BCUT2D eigenvalue weighted by Gasteiger charge is -2.25. The molecular weight excluding hydrogens is 823 g/mol. The van der Waals surface area contributed by atoms with E-state index in [-0.39, 0.29) is 6.09 Å². The first-order valence-electron chi connectivity index (χ1n) is 21.9. The summed E-state index contributed by atoms with van der Waals surface area (Å²) in [6.45, 7) is 17.5. The van der Waals surface area contributed by atoms with Crippen molar-refractivity contribution in [2.24, 2.45) is 0 Å². The van der Waals surface area contributed by atoms with Gasteiger partial charge in [-0.25, -0.2) is 14.4 Å². The molecule has 0 N–H and O–H groups in total. The quantitative estimate of drug-likeness (QED) is 0.0880. The normalized spacial score (nSPS) is 12.5. The van der Waals surface area contributed by atoms with Gasteiger partial charge in [-0.15, -0.1) is 0 Å². The van der Waals surface area contributed by atoms with E-state index in [1.165, 1.54) is 41.6 Å². The number of hydrogen-bond acceptors (Lipinski definition) is 11. The largest absolute Gasteiger partial charge is 0.519 e. The number of benzene rings is 4. The highest BCUT2D eigenvalue weighted by molar-refractivity contribution is 5.91. The number of aryl methyl sites for hydroxylation is 2. The van der Waals surface area contributed by atoms with Crippen molar-refractivity contribution >= 4 is 29.8 Å². The minimum atomic E-state index is -1.06. The van der Waals surface area contributed by atoms with Crippen molar-refractivity contribution in [2.45, 2.75) is 118 Å². The smallest absolute Gasteiger partial charge is 0.489 e. The van der Waals surface area contributed by atoms with Crippen LogP contribution in [0.1, 0.15) is 96.6 Å². The standard InChI is InChI=1S/C20H23NO3.C16H16O.C10H18O5.C7H10N2/c1-20(2,3)24-19(22)21-12-11-16-9-10-17(13-18(16)21)23-14-15-7-5-4-6-8-15;1-2-5-13(6-3-1)12-17-16-10-9-14-7-4-8-15(14)11-16;1-9(2,3)14-7(11)13-8(12)15-10(4,5)6;1-9(2)7-3-5-8-6-4-7/h4-10,13H,11-12,14H2,1-3H3;1-3,5-6,9-11H,4,7-8,12H2;1-6H3;3-6H,1-2H3. The van der Waals surface area contributed by atoms with Gasteiger partial charge in [-0.2, -0.15) is 0 Å². The fourth-order valence-electron chi connectivity index (χ4n) is 6.33. The summed E-state index contributed by atoms with van der Waals surface area (Å²) in [6.07, 6.45) is 5.72. The van der Waals surface area contributed by atoms with Crippen LogP contribution in [-0.2, 0) is 51.4 Å². The summed E-state index contributed by atoms with van der Waals surface area (Å²) in [7, 11) is 4.02. The predicted octanol–water partition coefficient (Wildman–Crippen LogP) is 12.3. The van der Waals surface area contributed by atoms with E-state index in [1.54, 1.807) is 58.8 Å². The van der Waals surface area contributed by atoms with Crippen LogP contribution < -0.4 is 19.3 Å². The number of ether oxygens (including phenoxy) is 6. The minimum Gasteiger partial charge on any atom is -0.489 e. The second-order valence-electron chi connectivity index (χ2n) is 18.6. The van der Waals surface area contributed by atoms with Crippen molar-refractivity contribution in [2.75, 3.05) is 30.4 Å². The van der Waals surface area contributed by atoms with Crippen LogP contribution in [0.5, 0.6) is 11.5 Å². The molecule has 348 valence electrons. The molecule has 12 heteroatoms. The lowest BCUT2D eigenvalue weighted by molar-refractivity contribution is -0.0294.